The van der Waals surface area contributed by atoms with Crippen molar-refractivity contribution in [1.29, 1.82) is 0 Å². The standard InChI is InChI=1S/C13H20BrN/c1-5-13(9(2)3)15-11-7-6-10(4)12(14)8-11/h6-9,13,15H,5H2,1-4H3. The lowest BCUT2D eigenvalue weighted by molar-refractivity contribution is 0.511. The minimum atomic E-state index is 0.555. The highest BCUT2D eigenvalue weighted by atomic mass is 79.9. The topological polar surface area (TPSA) is 12.0 Å². The van der Waals surface area contributed by atoms with Crippen molar-refractivity contribution in [3.8, 4) is 0 Å². The molecule has 0 aliphatic heterocycles. The van der Waals surface area contributed by atoms with Crippen LogP contribution in [0.2, 0.25) is 0 Å². The van der Waals surface area contributed by atoms with E-state index in [0.717, 1.165) is 6.42 Å². The summed E-state index contributed by atoms with van der Waals surface area (Å²) in [5.41, 5.74) is 2.48. The highest BCUT2D eigenvalue weighted by molar-refractivity contribution is 9.10. The molecule has 0 spiro atoms. The van der Waals surface area contributed by atoms with Gasteiger partial charge in [0.05, 0.1) is 0 Å². The number of anilines is 1. The van der Waals surface area contributed by atoms with Crippen molar-refractivity contribution in [2.75, 3.05) is 5.32 Å². The normalized spacial score (nSPS) is 12.9. The van der Waals surface area contributed by atoms with Gasteiger partial charge < -0.3 is 5.32 Å². The van der Waals surface area contributed by atoms with E-state index in [4.69, 9.17) is 0 Å². The molecule has 1 atom stereocenters. The van der Waals surface area contributed by atoms with Crippen LogP contribution in [-0.4, -0.2) is 6.04 Å². The molecule has 1 aromatic carbocycles. The van der Waals surface area contributed by atoms with Crippen molar-refractivity contribution < 1.29 is 0 Å². The van der Waals surface area contributed by atoms with Crippen LogP contribution in [0.4, 0.5) is 5.69 Å². The van der Waals surface area contributed by atoms with E-state index < -0.39 is 0 Å². The summed E-state index contributed by atoms with van der Waals surface area (Å²) in [6.45, 7) is 8.84. The lowest BCUT2D eigenvalue weighted by Gasteiger charge is -2.22. The molecule has 15 heavy (non-hydrogen) atoms. The van der Waals surface area contributed by atoms with E-state index in [0.29, 0.717) is 12.0 Å². The van der Waals surface area contributed by atoms with E-state index >= 15 is 0 Å². The SMILES string of the molecule is CCC(Nc1ccc(C)c(Br)c1)C(C)C. The molecule has 1 aromatic rings. The molecule has 1 rings (SSSR count). The summed E-state index contributed by atoms with van der Waals surface area (Å²) in [6, 6.07) is 6.99. The molecular formula is C13H20BrN. The molecule has 0 saturated heterocycles. The molecule has 0 fully saturated rings. The van der Waals surface area contributed by atoms with Gasteiger partial charge in [-0.15, -0.1) is 0 Å². The zero-order valence-electron chi connectivity index (χ0n) is 9.97. The van der Waals surface area contributed by atoms with Crippen LogP contribution in [0.5, 0.6) is 0 Å². The Labute approximate surface area is 101 Å². The molecule has 84 valence electrons. The van der Waals surface area contributed by atoms with Gasteiger partial charge in [0.1, 0.15) is 0 Å². The van der Waals surface area contributed by atoms with Crippen LogP contribution in [0.25, 0.3) is 0 Å². The molecule has 0 aliphatic rings. The Morgan fingerprint density at radius 1 is 1.33 bits per heavy atom. The maximum Gasteiger partial charge on any atom is 0.0353 e. The second kappa shape index (κ2) is 5.55. The third-order valence-electron chi connectivity index (χ3n) is 2.77. The lowest BCUT2D eigenvalue weighted by atomic mass is 10.0. The molecule has 2 heteroatoms. The van der Waals surface area contributed by atoms with Crippen LogP contribution < -0.4 is 5.32 Å². The Hall–Kier alpha value is -0.500. The molecule has 0 aliphatic carbocycles. The monoisotopic (exact) mass is 269 g/mol. The number of benzene rings is 1. The predicted molar refractivity (Wildman–Crippen MR) is 71.4 cm³/mol. The highest BCUT2D eigenvalue weighted by Crippen LogP contribution is 2.22. The molecule has 1 N–H and O–H groups in total. The number of aryl methyl sites for hydroxylation is 1. The quantitative estimate of drug-likeness (QED) is 0.842. The summed E-state index contributed by atoms with van der Waals surface area (Å²) in [5.74, 6) is 0.662. The van der Waals surface area contributed by atoms with Gasteiger partial charge in [-0.2, -0.15) is 0 Å². The van der Waals surface area contributed by atoms with E-state index in [-0.39, 0.29) is 0 Å². The summed E-state index contributed by atoms with van der Waals surface area (Å²) in [4.78, 5) is 0. The largest absolute Gasteiger partial charge is 0.382 e. The van der Waals surface area contributed by atoms with E-state index in [2.05, 4.69) is 67.1 Å². The van der Waals surface area contributed by atoms with Gasteiger partial charge in [-0.25, -0.2) is 0 Å². The number of halogens is 1. The Morgan fingerprint density at radius 2 is 2.00 bits per heavy atom. The zero-order chi connectivity index (χ0) is 11.4. The van der Waals surface area contributed by atoms with Crippen molar-refractivity contribution in [3.05, 3.63) is 28.2 Å². The molecule has 0 aromatic heterocycles. The van der Waals surface area contributed by atoms with Crippen LogP contribution in [0.15, 0.2) is 22.7 Å². The fraction of sp³-hybridized carbons (Fsp3) is 0.538. The van der Waals surface area contributed by atoms with Crippen molar-refractivity contribution in [3.63, 3.8) is 0 Å². The zero-order valence-corrected chi connectivity index (χ0v) is 11.6. The van der Waals surface area contributed by atoms with Gasteiger partial charge in [-0.1, -0.05) is 42.8 Å². The van der Waals surface area contributed by atoms with Gasteiger partial charge in [0.2, 0.25) is 0 Å². The summed E-state index contributed by atoms with van der Waals surface area (Å²) >= 11 is 3.55. The van der Waals surface area contributed by atoms with Crippen molar-refractivity contribution in [1.82, 2.24) is 0 Å². The number of nitrogens with one attached hydrogen (secondary N) is 1. The first-order chi connectivity index (χ1) is 7.04. The molecule has 1 unspecified atom stereocenters. The van der Waals surface area contributed by atoms with Crippen LogP contribution in [0.3, 0.4) is 0 Å². The summed E-state index contributed by atoms with van der Waals surface area (Å²) < 4.78 is 1.17. The maximum absolute atomic E-state index is 3.57. The smallest absolute Gasteiger partial charge is 0.0353 e. The average Bonchev–Trinajstić information content (AvgIpc) is 2.19. The maximum atomic E-state index is 3.57. The van der Waals surface area contributed by atoms with Crippen molar-refractivity contribution in [2.24, 2.45) is 5.92 Å². The lowest BCUT2D eigenvalue weighted by Crippen LogP contribution is -2.24. The van der Waals surface area contributed by atoms with Gasteiger partial charge >= 0.3 is 0 Å². The van der Waals surface area contributed by atoms with Gasteiger partial charge in [0, 0.05) is 16.2 Å². The van der Waals surface area contributed by atoms with Crippen LogP contribution >= 0.6 is 15.9 Å². The van der Waals surface area contributed by atoms with E-state index in [1.165, 1.54) is 15.7 Å². The molecule has 0 radical (unpaired) electrons. The Balaban J connectivity index is 2.75. The van der Waals surface area contributed by atoms with E-state index in [1.54, 1.807) is 0 Å². The van der Waals surface area contributed by atoms with Crippen molar-refractivity contribution in [2.45, 2.75) is 40.2 Å². The third kappa shape index (κ3) is 3.53. The first-order valence-corrected chi connectivity index (χ1v) is 6.36. The highest BCUT2D eigenvalue weighted by Gasteiger charge is 2.10. The second-order valence-electron chi connectivity index (χ2n) is 4.37. The van der Waals surface area contributed by atoms with Crippen LogP contribution in [-0.2, 0) is 0 Å². The van der Waals surface area contributed by atoms with E-state index in [1.807, 2.05) is 0 Å². The average molecular weight is 270 g/mol. The van der Waals surface area contributed by atoms with Crippen LogP contribution in [0.1, 0.15) is 32.8 Å². The van der Waals surface area contributed by atoms with Gasteiger partial charge in [-0.05, 0) is 37.0 Å². The molecular weight excluding hydrogens is 250 g/mol. The molecule has 0 saturated carbocycles. The third-order valence-corrected chi connectivity index (χ3v) is 3.62. The molecule has 0 heterocycles. The van der Waals surface area contributed by atoms with E-state index in [9.17, 15) is 0 Å². The Morgan fingerprint density at radius 3 is 2.47 bits per heavy atom. The fourth-order valence-corrected chi connectivity index (χ4v) is 2.02. The number of hydrogen-bond donors (Lipinski definition) is 1. The first kappa shape index (κ1) is 12.6. The van der Waals surface area contributed by atoms with Gasteiger partial charge in [-0.3, -0.25) is 0 Å². The van der Waals surface area contributed by atoms with Crippen molar-refractivity contribution >= 4 is 21.6 Å². The summed E-state index contributed by atoms with van der Waals surface area (Å²) in [6.07, 6.45) is 1.16. The Bertz CT molecular complexity index is 320. The first-order valence-electron chi connectivity index (χ1n) is 5.57. The fourth-order valence-electron chi connectivity index (χ4n) is 1.64. The minimum absolute atomic E-state index is 0.555. The summed E-state index contributed by atoms with van der Waals surface area (Å²) in [5, 5.41) is 3.57. The number of rotatable bonds is 4. The Kier molecular flexibility index (Phi) is 4.65. The number of hydrogen-bond acceptors (Lipinski definition) is 1. The van der Waals surface area contributed by atoms with Gasteiger partial charge in [0.15, 0.2) is 0 Å². The van der Waals surface area contributed by atoms with Crippen LogP contribution in [0, 0.1) is 12.8 Å². The molecule has 0 bridgehead atoms. The molecule has 1 nitrogen and oxygen atoms in total. The predicted octanol–water partition coefficient (Wildman–Crippen LogP) is 4.60. The van der Waals surface area contributed by atoms with Gasteiger partial charge in [0.25, 0.3) is 0 Å². The second-order valence-corrected chi connectivity index (χ2v) is 5.22. The summed E-state index contributed by atoms with van der Waals surface area (Å²) in [7, 11) is 0. The minimum Gasteiger partial charge on any atom is -0.382 e. The molecule has 0 amide bonds.